The summed E-state index contributed by atoms with van der Waals surface area (Å²) >= 11 is 0. The van der Waals surface area contributed by atoms with E-state index in [0.29, 0.717) is 19.0 Å². The lowest BCUT2D eigenvalue weighted by Gasteiger charge is -2.13. The molecule has 1 heterocycles. The maximum absolute atomic E-state index is 5.86. The van der Waals surface area contributed by atoms with Gasteiger partial charge < -0.3 is 15.4 Å². The second-order valence-corrected chi connectivity index (χ2v) is 5.09. The molecule has 0 aliphatic heterocycles. The zero-order valence-corrected chi connectivity index (χ0v) is 16.5. The summed E-state index contributed by atoms with van der Waals surface area (Å²) in [4.78, 5) is 8.53. The third kappa shape index (κ3) is 6.74. The molecule has 0 bridgehead atoms. The van der Waals surface area contributed by atoms with Crippen LogP contribution in [-0.2, 0) is 13.2 Å². The van der Waals surface area contributed by atoms with Crippen LogP contribution in [0.3, 0.4) is 0 Å². The van der Waals surface area contributed by atoms with Crippen molar-refractivity contribution < 1.29 is 4.74 Å². The van der Waals surface area contributed by atoms with Gasteiger partial charge in [0.2, 0.25) is 5.88 Å². The number of pyridine rings is 1. The Bertz CT molecular complexity index is 619. The van der Waals surface area contributed by atoms with Gasteiger partial charge in [-0.25, -0.2) is 4.98 Å². The molecule has 0 atom stereocenters. The van der Waals surface area contributed by atoms with Crippen LogP contribution in [0.4, 0.5) is 0 Å². The molecule has 0 fully saturated rings. The summed E-state index contributed by atoms with van der Waals surface area (Å²) in [5.41, 5.74) is 2.13. The lowest BCUT2D eigenvalue weighted by atomic mass is 10.2. The summed E-state index contributed by atoms with van der Waals surface area (Å²) in [6.45, 7) is 4.13. The largest absolute Gasteiger partial charge is 0.473 e. The number of halogens is 1. The van der Waals surface area contributed by atoms with Crippen LogP contribution in [0.2, 0.25) is 0 Å². The van der Waals surface area contributed by atoms with Crippen molar-refractivity contribution in [1.29, 1.82) is 0 Å². The smallest absolute Gasteiger partial charge is 0.218 e. The van der Waals surface area contributed by atoms with Gasteiger partial charge in [-0.3, -0.25) is 4.99 Å². The van der Waals surface area contributed by atoms with Gasteiger partial charge in [-0.2, -0.15) is 0 Å². The Hall–Kier alpha value is -1.83. The zero-order valence-electron chi connectivity index (χ0n) is 14.2. The first-order chi connectivity index (χ1) is 11.3. The molecule has 130 valence electrons. The highest BCUT2D eigenvalue weighted by molar-refractivity contribution is 14.0. The molecule has 1 aromatic heterocycles. The van der Waals surface area contributed by atoms with Crippen molar-refractivity contribution in [2.24, 2.45) is 4.99 Å². The average molecular weight is 440 g/mol. The van der Waals surface area contributed by atoms with Crippen LogP contribution in [0.5, 0.6) is 5.88 Å². The lowest BCUT2D eigenvalue weighted by Crippen LogP contribution is -2.37. The van der Waals surface area contributed by atoms with E-state index in [0.717, 1.165) is 30.1 Å². The summed E-state index contributed by atoms with van der Waals surface area (Å²) in [5, 5.41) is 6.52. The van der Waals surface area contributed by atoms with Gasteiger partial charge >= 0.3 is 0 Å². The molecule has 5 nitrogen and oxygen atoms in total. The maximum Gasteiger partial charge on any atom is 0.218 e. The van der Waals surface area contributed by atoms with Gasteiger partial charge in [-0.1, -0.05) is 43.3 Å². The number of aliphatic imine (C=N–C) groups is 1. The first kappa shape index (κ1) is 20.2. The second kappa shape index (κ2) is 11.7. The second-order valence-electron chi connectivity index (χ2n) is 5.09. The predicted octanol–water partition coefficient (Wildman–Crippen LogP) is 3.35. The molecule has 0 saturated carbocycles. The lowest BCUT2D eigenvalue weighted by molar-refractivity contribution is 0.290. The molecule has 2 aromatic rings. The minimum Gasteiger partial charge on any atom is -0.473 e. The summed E-state index contributed by atoms with van der Waals surface area (Å²) in [6.07, 6.45) is 2.80. The Morgan fingerprint density at radius 2 is 1.92 bits per heavy atom. The molecule has 6 heteroatoms. The number of ether oxygens (including phenoxy) is 1. The summed E-state index contributed by atoms with van der Waals surface area (Å²) in [5.74, 6) is 1.43. The number of rotatable bonds is 7. The Balaban J connectivity index is 0.00000288. The van der Waals surface area contributed by atoms with Crippen molar-refractivity contribution in [2.75, 3.05) is 13.6 Å². The van der Waals surface area contributed by atoms with Crippen LogP contribution in [0.1, 0.15) is 24.5 Å². The summed E-state index contributed by atoms with van der Waals surface area (Å²) < 4.78 is 5.86. The van der Waals surface area contributed by atoms with Gasteiger partial charge in [0, 0.05) is 31.9 Å². The van der Waals surface area contributed by atoms with Crippen LogP contribution in [0.15, 0.2) is 53.7 Å². The topological polar surface area (TPSA) is 58.5 Å². The monoisotopic (exact) mass is 440 g/mol. The third-order valence-corrected chi connectivity index (χ3v) is 3.28. The Morgan fingerprint density at radius 1 is 1.12 bits per heavy atom. The Kier molecular flexibility index (Phi) is 9.83. The minimum absolute atomic E-state index is 0. The highest BCUT2D eigenvalue weighted by Crippen LogP contribution is 2.15. The van der Waals surface area contributed by atoms with Crippen molar-refractivity contribution in [3.05, 3.63) is 59.8 Å². The predicted molar refractivity (Wildman–Crippen MR) is 109 cm³/mol. The van der Waals surface area contributed by atoms with Crippen molar-refractivity contribution in [3.8, 4) is 5.88 Å². The molecule has 0 saturated heterocycles. The molecule has 2 N–H and O–H groups in total. The highest BCUT2D eigenvalue weighted by atomic mass is 127. The number of guanidine groups is 1. The molecule has 0 aliphatic carbocycles. The summed E-state index contributed by atoms with van der Waals surface area (Å²) in [6, 6.07) is 14.0. The fraction of sp³-hybridized carbons (Fsp3) is 0.333. The van der Waals surface area contributed by atoms with Crippen LogP contribution < -0.4 is 15.4 Å². The number of hydrogen-bond donors (Lipinski definition) is 2. The first-order valence-corrected chi connectivity index (χ1v) is 7.88. The van der Waals surface area contributed by atoms with E-state index in [1.807, 2.05) is 42.5 Å². The molecule has 2 rings (SSSR count). The number of nitrogens with zero attached hydrogens (tertiary/aromatic N) is 2. The number of nitrogens with one attached hydrogen (secondary N) is 2. The van der Waals surface area contributed by atoms with Crippen LogP contribution in [-0.4, -0.2) is 24.5 Å². The normalized spacial score (nSPS) is 10.7. The van der Waals surface area contributed by atoms with E-state index in [1.54, 1.807) is 13.2 Å². The van der Waals surface area contributed by atoms with Gasteiger partial charge in [-0.05, 0) is 18.1 Å². The van der Waals surface area contributed by atoms with Crippen LogP contribution in [0, 0.1) is 0 Å². The average Bonchev–Trinajstić information content (AvgIpc) is 2.62. The van der Waals surface area contributed by atoms with Crippen LogP contribution in [0.25, 0.3) is 0 Å². The van der Waals surface area contributed by atoms with E-state index in [1.165, 1.54) is 0 Å². The molecule has 0 unspecified atom stereocenters. The van der Waals surface area contributed by atoms with Crippen molar-refractivity contribution in [2.45, 2.75) is 26.5 Å². The van der Waals surface area contributed by atoms with Crippen molar-refractivity contribution in [3.63, 3.8) is 0 Å². The molecule has 1 aromatic carbocycles. The van der Waals surface area contributed by atoms with E-state index in [4.69, 9.17) is 4.74 Å². The van der Waals surface area contributed by atoms with Gasteiger partial charge in [0.15, 0.2) is 5.96 Å². The van der Waals surface area contributed by atoms with Crippen LogP contribution >= 0.6 is 24.0 Å². The third-order valence-electron chi connectivity index (χ3n) is 3.28. The number of hydrogen-bond acceptors (Lipinski definition) is 3. The van der Waals surface area contributed by atoms with Crippen molar-refractivity contribution >= 4 is 29.9 Å². The van der Waals surface area contributed by atoms with Gasteiger partial charge in [0.25, 0.3) is 0 Å². The maximum atomic E-state index is 5.86. The zero-order chi connectivity index (χ0) is 16.3. The molecular formula is C18H25IN4O. The minimum atomic E-state index is 0. The SMILES string of the molecule is CCCNC(=NC)NCc1cccnc1OCc1ccccc1.I. The first-order valence-electron chi connectivity index (χ1n) is 7.88. The highest BCUT2D eigenvalue weighted by Gasteiger charge is 2.06. The van der Waals surface area contributed by atoms with Gasteiger partial charge in [-0.15, -0.1) is 24.0 Å². The molecule has 0 spiro atoms. The van der Waals surface area contributed by atoms with E-state index in [-0.39, 0.29) is 24.0 Å². The Labute approximate surface area is 161 Å². The van der Waals surface area contributed by atoms with Gasteiger partial charge in [0.05, 0.1) is 0 Å². The molecule has 24 heavy (non-hydrogen) atoms. The Morgan fingerprint density at radius 3 is 2.62 bits per heavy atom. The standard InChI is InChI=1S/C18H24N4O.HI/c1-3-11-21-18(19-2)22-13-16-10-7-12-20-17(16)23-14-15-8-5-4-6-9-15;/h4-10,12H,3,11,13-14H2,1-2H3,(H2,19,21,22);1H. The van der Waals surface area contributed by atoms with Gasteiger partial charge in [0.1, 0.15) is 6.61 Å². The number of benzene rings is 1. The quantitative estimate of drug-likeness (QED) is 0.394. The van der Waals surface area contributed by atoms with E-state index in [2.05, 4.69) is 27.5 Å². The van der Waals surface area contributed by atoms with E-state index >= 15 is 0 Å². The molecular weight excluding hydrogens is 415 g/mol. The molecule has 0 aliphatic rings. The molecule has 0 radical (unpaired) electrons. The van der Waals surface area contributed by atoms with E-state index in [9.17, 15) is 0 Å². The van der Waals surface area contributed by atoms with Crippen molar-refractivity contribution in [1.82, 2.24) is 15.6 Å². The fourth-order valence-electron chi connectivity index (χ4n) is 2.06. The fourth-order valence-corrected chi connectivity index (χ4v) is 2.06. The van der Waals surface area contributed by atoms with E-state index < -0.39 is 0 Å². The summed E-state index contributed by atoms with van der Waals surface area (Å²) in [7, 11) is 1.76. The molecule has 0 amide bonds. The number of aromatic nitrogens is 1.